The number of aryl methyl sites for hydroxylation is 1. The molecule has 2 aromatic heterocycles. The number of aromatic nitrogens is 2. The number of halogens is 2. The van der Waals surface area contributed by atoms with Gasteiger partial charge in [0.1, 0.15) is 10.6 Å². The van der Waals surface area contributed by atoms with Crippen molar-refractivity contribution in [2.24, 2.45) is 0 Å². The average molecular weight is 483 g/mol. The zero-order valence-electron chi connectivity index (χ0n) is 17.8. The molecule has 0 unspecified atom stereocenters. The number of carbonyl (C=O) groups is 2. The Morgan fingerprint density at radius 1 is 1.09 bits per heavy atom. The SMILES string of the molecule is Cc1nn(-c2ccc(F)cc2)c2sc(C(=O)Nc3ccc(Cl)cc3C(=O)N3CCCC3)cc12. The van der Waals surface area contributed by atoms with Gasteiger partial charge in [-0.1, -0.05) is 11.6 Å². The maximum absolute atomic E-state index is 13.3. The van der Waals surface area contributed by atoms with Crippen LogP contribution in [0.4, 0.5) is 10.1 Å². The van der Waals surface area contributed by atoms with Crippen LogP contribution in [0, 0.1) is 12.7 Å². The quantitative estimate of drug-likeness (QED) is 0.407. The Kier molecular flexibility index (Phi) is 5.64. The first-order valence-electron chi connectivity index (χ1n) is 10.6. The third-order valence-electron chi connectivity index (χ3n) is 5.69. The van der Waals surface area contributed by atoms with Gasteiger partial charge in [0.15, 0.2) is 0 Å². The minimum absolute atomic E-state index is 0.135. The Bertz CT molecular complexity index is 1370. The second-order valence-corrected chi connectivity index (χ2v) is 9.41. The molecule has 2 amide bonds. The van der Waals surface area contributed by atoms with Gasteiger partial charge in [0.05, 0.1) is 27.5 Å². The zero-order valence-corrected chi connectivity index (χ0v) is 19.3. The molecule has 0 aliphatic carbocycles. The van der Waals surface area contributed by atoms with Gasteiger partial charge in [-0.2, -0.15) is 5.10 Å². The monoisotopic (exact) mass is 482 g/mol. The van der Waals surface area contributed by atoms with Gasteiger partial charge in [-0.3, -0.25) is 9.59 Å². The Morgan fingerprint density at radius 3 is 2.55 bits per heavy atom. The smallest absolute Gasteiger partial charge is 0.265 e. The Balaban J connectivity index is 1.46. The number of likely N-dealkylation sites (tertiary alicyclic amines) is 1. The van der Waals surface area contributed by atoms with E-state index in [0.29, 0.717) is 39.9 Å². The van der Waals surface area contributed by atoms with E-state index in [-0.39, 0.29) is 17.6 Å². The molecule has 33 heavy (non-hydrogen) atoms. The lowest BCUT2D eigenvalue weighted by molar-refractivity contribution is 0.0794. The van der Waals surface area contributed by atoms with E-state index in [2.05, 4.69) is 10.4 Å². The summed E-state index contributed by atoms with van der Waals surface area (Å²) in [5.74, 6) is -0.782. The van der Waals surface area contributed by atoms with Gasteiger partial charge in [0.25, 0.3) is 11.8 Å². The Morgan fingerprint density at radius 2 is 1.82 bits per heavy atom. The van der Waals surface area contributed by atoms with Crippen molar-refractivity contribution in [3.8, 4) is 5.69 Å². The predicted molar refractivity (Wildman–Crippen MR) is 128 cm³/mol. The summed E-state index contributed by atoms with van der Waals surface area (Å²) >= 11 is 7.44. The summed E-state index contributed by atoms with van der Waals surface area (Å²) in [5.41, 5.74) is 2.28. The Labute approximate surface area is 198 Å². The first-order chi connectivity index (χ1) is 15.9. The van der Waals surface area contributed by atoms with Crippen LogP contribution in [-0.2, 0) is 0 Å². The number of hydrogen-bond acceptors (Lipinski definition) is 4. The lowest BCUT2D eigenvalue weighted by atomic mass is 10.1. The number of carbonyl (C=O) groups excluding carboxylic acids is 2. The fourth-order valence-electron chi connectivity index (χ4n) is 3.99. The maximum atomic E-state index is 13.3. The predicted octanol–water partition coefficient (Wildman–Crippen LogP) is 5.68. The van der Waals surface area contributed by atoms with Crippen molar-refractivity contribution in [3.63, 3.8) is 0 Å². The standard InChI is InChI=1S/C24H20ClFN4O2S/c1-14-18-13-21(33-24(18)30(28-14)17-7-5-16(26)6-8-17)22(31)27-20-9-4-15(25)12-19(20)23(32)29-10-2-3-11-29/h4-9,12-13H,2-3,10-11H2,1H3,(H,27,31). The van der Waals surface area contributed by atoms with E-state index in [9.17, 15) is 14.0 Å². The summed E-state index contributed by atoms with van der Waals surface area (Å²) < 4.78 is 15.0. The van der Waals surface area contributed by atoms with Crippen LogP contribution in [0.1, 0.15) is 38.6 Å². The minimum Gasteiger partial charge on any atom is -0.339 e. The fraction of sp³-hybridized carbons (Fsp3) is 0.208. The molecule has 2 aromatic carbocycles. The first kappa shape index (κ1) is 21.6. The summed E-state index contributed by atoms with van der Waals surface area (Å²) in [4.78, 5) is 29.2. The molecule has 1 saturated heterocycles. The van der Waals surface area contributed by atoms with Crippen LogP contribution >= 0.6 is 22.9 Å². The van der Waals surface area contributed by atoms with Gasteiger partial charge < -0.3 is 10.2 Å². The van der Waals surface area contributed by atoms with Gasteiger partial charge in [0.2, 0.25) is 0 Å². The molecule has 0 spiro atoms. The summed E-state index contributed by atoms with van der Waals surface area (Å²) in [5, 5.41) is 8.70. The number of nitrogens with one attached hydrogen (secondary N) is 1. The van der Waals surface area contributed by atoms with Gasteiger partial charge >= 0.3 is 0 Å². The van der Waals surface area contributed by atoms with Gasteiger partial charge in [0, 0.05) is 23.5 Å². The number of benzene rings is 2. The van der Waals surface area contributed by atoms with Crippen molar-refractivity contribution in [1.82, 2.24) is 14.7 Å². The van der Waals surface area contributed by atoms with Crippen molar-refractivity contribution in [2.45, 2.75) is 19.8 Å². The second-order valence-electron chi connectivity index (χ2n) is 7.95. The van der Waals surface area contributed by atoms with Crippen LogP contribution in [0.15, 0.2) is 48.5 Å². The van der Waals surface area contributed by atoms with E-state index in [1.54, 1.807) is 46.0 Å². The molecule has 3 heterocycles. The molecule has 6 nitrogen and oxygen atoms in total. The normalized spacial score (nSPS) is 13.6. The van der Waals surface area contributed by atoms with Crippen molar-refractivity contribution in [2.75, 3.05) is 18.4 Å². The molecule has 0 bridgehead atoms. The molecule has 1 N–H and O–H groups in total. The molecule has 5 rings (SSSR count). The van der Waals surface area contributed by atoms with Crippen molar-refractivity contribution in [3.05, 3.63) is 75.5 Å². The van der Waals surface area contributed by atoms with Gasteiger partial charge in [-0.25, -0.2) is 9.07 Å². The summed E-state index contributed by atoms with van der Waals surface area (Å²) in [7, 11) is 0. The molecule has 1 aliphatic heterocycles. The highest BCUT2D eigenvalue weighted by Gasteiger charge is 2.24. The largest absolute Gasteiger partial charge is 0.339 e. The number of thiophene rings is 1. The fourth-order valence-corrected chi connectivity index (χ4v) is 5.24. The molecule has 168 valence electrons. The van der Waals surface area contributed by atoms with E-state index < -0.39 is 0 Å². The van der Waals surface area contributed by atoms with Gasteiger partial charge in [-0.15, -0.1) is 11.3 Å². The van der Waals surface area contributed by atoms with Crippen LogP contribution in [-0.4, -0.2) is 39.6 Å². The topological polar surface area (TPSA) is 67.2 Å². The zero-order chi connectivity index (χ0) is 23.1. The summed E-state index contributed by atoms with van der Waals surface area (Å²) in [6.45, 7) is 3.27. The number of fused-ring (bicyclic) bond motifs is 1. The van der Waals surface area contributed by atoms with Gasteiger partial charge in [-0.05, 0) is 68.3 Å². The van der Waals surface area contributed by atoms with E-state index >= 15 is 0 Å². The van der Waals surface area contributed by atoms with Crippen LogP contribution in [0.2, 0.25) is 5.02 Å². The number of rotatable bonds is 4. The van der Waals surface area contributed by atoms with E-state index in [0.717, 1.165) is 28.8 Å². The molecule has 0 atom stereocenters. The summed E-state index contributed by atoms with van der Waals surface area (Å²) in [6.07, 6.45) is 1.94. The molecule has 4 aromatic rings. The number of anilines is 1. The molecular formula is C24H20ClFN4O2S. The van der Waals surface area contributed by atoms with E-state index in [4.69, 9.17) is 11.6 Å². The van der Waals surface area contributed by atoms with Crippen molar-refractivity contribution >= 4 is 50.7 Å². The lowest BCUT2D eigenvalue weighted by Crippen LogP contribution is -2.28. The Hall–Kier alpha value is -3.23. The molecule has 9 heteroatoms. The lowest BCUT2D eigenvalue weighted by Gasteiger charge is -2.18. The average Bonchev–Trinajstić information content (AvgIpc) is 3.54. The summed E-state index contributed by atoms with van der Waals surface area (Å²) in [6, 6.07) is 12.7. The van der Waals surface area contributed by atoms with Crippen molar-refractivity contribution < 1.29 is 14.0 Å². The highest BCUT2D eigenvalue weighted by Crippen LogP contribution is 2.32. The van der Waals surface area contributed by atoms with Crippen LogP contribution in [0.3, 0.4) is 0 Å². The minimum atomic E-state index is -0.327. The second kappa shape index (κ2) is 8.61. The molecule has 0 saturated carbocycles. The third-order valence-corrected chi connectivity index (χ3v) is 7.04. The van der Waals surface area contributed by atoms with E-state index in [1.807, 2.05) is 6.92 Å². The van der Waals surface area contributed by atoms with E-state index in [1.165, 1.54) is 23.5 Å². The molecule has 1 fully saturated rings. The highest BCUT2D eigenvalue weighted by atomic mass is 35.5. The molecule has 1 aliphatic rings. The molecule has 0 radical (unpaired) electrons. The molecular weight excluding hydrogens is 463 g/mol. The van der Waals surface area contributed by atoms with Crippen LogP contribution in [0.25, 0.3) is 15.9 Å². The third kappa shape index (κ3) is 4.12. The number of amides is 2. The number of hydrogen-bond donors (Lipinski definition) is 1. The number of nitrogens with zero attached hydrogens (tertiary/aromatic N) is 3. The maximum Gasteiger partial charge on any atom is 0.265 e. The van der Waals surface area contributed by atoms with Crippen LogP contribution < -0.4 is 5.32 Å². The highest BCUT2D eigenvalue weighted by molar-refractivity contribution is 7.20. The van der Waals surface area contributed by atoms with Crippen molar-refractivity contribution in [1.29, 1.82) is 0 Å². The van der Waals surface area contributed by atoms with Crippen LogP contribution in [0.5, 0.6) is 0 Å². The first-order valence-corrected chi connectivity index (χ1v) is 11.8.